The highest BCUT2D eigenvalue weighted by Gasteiger charge is 2.25. The lowest BCUT2D eigenvalue weighted by atomic mass is 9.75. The van der Waals surface area contributed by atoms with Gasteiger partial charge in [0.15, 0.2) is 0 Å². The van der Waals surface area contributed by atoms with E-state index in [1.54, 1.807) is 12.1 Å². The molecule has 3 aromatic rings. The van der Waals surface area contributed by atoms with Gasteiger partial charge < -0.3 is 4.74 Å². The van der Waals surface area contributed by atoms with E-state index in [9.17, 15) is 8.78 Å². The number of hydrogen-bond donors (Lipinski definition) is 0. The first kappa shape index (κ1) is 19.0. The van der Waals surface area contributed by atoms with E-state index < -0.39 is 6.61 Å². The van der Waals surface area contributed by atoms with Gasteiger partial charge in [0, 0.05) is 11.0 Å². The van der Waals surface area contributed by atoms with Gasteiger partial charge in [-0.1, -0.05) is 69.0 Å². The predicted octanol–water partition coefficient (Wildman–Crippen LogP) is 7.08. The van der Waals surface area contributed by atoms with Gasteiger partial charge in [0.05, 0.1) is 0 Å². The van der Waals surface area contributed by atoms with Gasteiger partial charge in [-0.15, -0.1) is 0 Å². The van der Waals surface area contributed by atoms with Crippen LogP contribution in [0.2, 0.25) is 0 Å². The Kier molecular flexibility index (Phi) is 4.72. The summed E-state index contributed by atoms with van der Waals surface area (Å²) in [5.41, 5.74) is 6.75. The first-order valence-electron chi connectivity index (χ1n) is 9.36. The molecule has 1 aliphatic rings. The fourth-order valence-electron chi connectivity index (χ4n) is 3.70. The number of ether oxygens (including phenoxy) is 1. The third-order valence-corrected chi connectivity index (χ3v) is 5.22. The lowest BCUT2D eigenvalue weighted by Gasteiger charge is -2.29. The zero-order valence-corrected chi connectivity index (χ0v) is 16.3. The van der Waals surface area contributed by atoms with Crippen LogP contribution in [0.4, 0.5) is 8.78 Å². The molecule has 0 amide bonds. The summed E-state index contributed by atoms with van der Waals surface area (Å²) in [4.78, 5) is 0. The maximum Gasteiger partial charge on any atom is 0.387 e. The van der Waals surface area contributed by atoms with Crippen molar-refractivity contribution in [3.05, 3.63) is 96.6 Å². The maximum atomic E-state index is 12.6. The fraction of sp³-hybridized carbons (Fsp3) is 0.154. The molecule has 0 aliphatic heterocycles. The van der Waals surface area contributed by atoms with Gasteiger partial charge in [0.2, 0.25) is 0 Å². The SMILES string of the molecule is C=C1C=CC(C)(C)c2cc(-c3ccc#cc3-c3cccc(OC(F)F)c3)ccc21. The normalized spacial score (nSPS) is 14.4. The molecule has 0 atom stereocenters. The Morgan fingerprint density at radius 2 is 1.83 bits per heavy atom. The predicted molar refractivity (Wildman–Crippen MR) is 113 cm³/mol. The lowest BCUT2D eigenvalue weighted by Crippen LogP contribution is -2.18. The Morgan fingerprint density at radius 1 is 1.00 bits per heavy atom. The van der Waals surface area contributed by atoms with Crippen molar-refractivity contribution in [2.45, 2.75) is 25.9 Å². The molecule has 29 heavy (non-hydrogen) atoms. The van der Waals surface area contributed by atoms with Gasteiger partial charge in [0.1, 0.15) is 5.75 Å². The highest BCUT2D eigenvalue weighted by atomic mass is 19.3. The molecule has 0 saturated heterocycles. The summed E-state index contributed by atoms with van der Waals surface area (Å²) < 4.78 is 29.8. The van der Waals surface area contributed by atoms with E-state index in [0.717, 1.165) is 33.4 Å². The molecule has 1 aliphatic carbocycles. The third kappa shape index (κ3) is 3.67. The number of alkyl halides is 2. The van der Waals surface area contributed by atoms with Crippen LogP contribution >= 0.6 is 0 Å². The molecule has 0 fully saturated rings. The van der Waals surface area contributed by atoms with Crippen molar-refractivity contribution in [2.75, 3.05) is 0 Å². The van der Waals surface area contributed by atoms with Gasteiger partial charge in [-0.05, 0) is 63.7 Å². The van der Waals surface area contributed by atoms with Crippen LogP contribution in [0.15, 0.2) is 73.3 Å². The molecule has 3 aromatic carbocycles. The van der Waals surface area contributed by atoms with Crippen LogP contribution in [-0.4, -0.2) is 6.61 Å². The molecule has 0 aromatic heterocycles. The second-order valence-corrected chi connectivity index (χ2v) is 7.64. The minimum absolute atomic E-state index is 0.109. The van der Waals surface area contributed by atoms with E-state index in [4.69, 9.17) is 0 Å². The molecule has 3 heteroatoms. The molecular weight excluding hydrogens is 366 g/mol. The van der Waals surface area contributed by atoms with E-state index in [1.807, 2.05) is 18.2 Å². The number of halogens is 2. The summed E-state index contributed by atoms with van der Waals surface area (Å²) >= 11 is 0. The molecule has 1 nitrogen and oxygen atoms in total. The van der Waals surface area contributed by atoms with Crippen LogP contribution in [-0.2, 0) is 5.41 Å². The fourth-order valence-corrected chi connectivity index (χ4v) is 3.70. The average Bonchev–Trinajstić information content (AvgIpc) is 2.71. The van der Waals surface area contributed by atoms with Crippen molar-refractivity contribution in [3.8, 4) is 28.0 Å². The topological polar surface area (TPSA) is 9.23 Å². The second kappa shape index (κ2) is 7.22. The van der Waals surface area contributed by atoms with Crippen molar-refractivity contribution in [1.82, 2.24) is 0 Å². The van der Waals surface area contributed by atoms with Gasteiger partial charge in [-0.25, -0.2) is 0 Å². The van der Waals surface area contributed by atoms with Crippen molar-refractivity contribution < 1.29 is 13.5 Å². The minimum atomic E-state index is -2.86. The molecule has 0 bridgehead atoms. The summed E-state index contributed by atoms with van der Waals surface area (Å²) in [5.74, 6) is 0.119. The van der Waals surface area contributed by atoms with Crippen LogP contribution in [0.5, 0.6) is 5.75 Å². The molecule has 0 saturated carbocycles. The van der Waals surface area contributed by atoms with Crippen molar-refractivity contribution in [3.63, 3.8) is 0 Å². The molecule has 144 valence electrons. The van der Waals surface area contributed by atoms with Crippen LogP contribution in [0.25, 0.3) is 27.8 Å². The monoisotopic (exact) mass is 386 g/mol. The number of allylic oxidation sites excluding steroid dienone is 3. The first-order chi connectivity index (χ1) is 13.8. The van der Waals surface area contributed by atoms with Gasteiger partial charge >= 0.3 is 6.61 Å². The summed E-state index contributed by atoms with van der Waals surface area (Å²) in [6.07, 6.45) is 4.23. The quantitative estimate of drug-likeness (QED) is 0.465. The van der Waals surface area contributed by atoms with Crippen LogP contribution in [0.3, 0.4) is 0 Å². The van der Waals surface area contributed by atoms with Crippen LogP contribution < -0.4 is 4.74 Å². The summed E-state index contributed by atoms with van der Waals surface area (Å²) in [5, 5.41) is 0. The Bertz CT molecular complexity index is 1110. The molecule has 0 N–H and O–H groups in total. The van der Waals surface area contributed by atoms with E-state index in [0.29, 0.717) is 0 Å². The lowest BCUT2D eigenvalue weighted by molar-refractivity contribution is -0.0498. The van der Waals surface area contributed by atoms with Crippen LogP contribution in [0, 0.1) is 12.1 Å². The van der Waals surface area contributed by atoms with Crippen LogP contribution in [0.1, 0.15) is 25.0 Å². The van der Waals surface area contributed by atoms with Crippen molar-refractivity contribution in [1.29, 1.82) is 0 Å². The highest BCUT2D eigenvalue weighted by Crippen LogP contribution is 2.40. The van der Waals surface area contributed by atoms with Gasteiger partial charge in [0.25, 0.3) is 0 Å². The van der Waals surface area contributed by atoms with E-state index >= 15 is 0 Å². The van der Waals surface area contributed by atoms with Gasteiger partial charge in [-0.3, -0.25) is 0 Å². The minimum Gasteiger partial charge on any atom is -0.435 e. The largest absolute Gasteiger partial charge is 0.435 e. The first-order valence-corrected chi connectivity index (χ1v) is 9.36. The van der Waals surface area contributed by atoms with E-state index in [-0.39, 0.29) is 11.2 Å². The Labute approximate surface area is 170 Å². The third-order valence-electron chi connectivity index (χ3n) is 5.22. The Balaban J connectivity index is 1.83. The van der Waals surface area contributed by atoms with E-state index in [1.165, 1.54) is 11.6 Å². The highest BCUT2D eigenvalue weighted by molar-refractivity contribution is 5.86. The van der Waals surface area contributed by atoms with Gasteiger partial charge in [-0.2, -0.15) is 8.78 Å². The molecule has 0 spiro atoms. The van der Waals surface area contributed by atoms with E-state index in [2.05, 4.69) is 67.6 Å². The molecule has 0 unspecified atom stereocenters. The smallest absolute Gasteiger partial charge is 0.387 e. The number of rotatable bonds is 4. The molecular formula is C26H20F2O. The summed E-state index contributed by atoms with van der Waals surface area (Å²) in [6, 6.07) is 22.9. The Hall–Kier alpha value is -3.38. The number of hydrogen-bond acceptors (Lipinski definition) is 1. The van der Waals surface area contributed by atoms with Crippen molar-refractivity contribution in [2.24, 2.45) is 0 Å². The number of benzene rings is 2. The number of fused-ring (bicyclic) bond motifs is 1. The molecule has 0 heterocycles. The molecule has 0 radical (unpaired) electrons. The summed E-state index contributed by atoms with van der Waals surface area (Å²) in [7, 11) is 0. The molecule has 4 rings (SSSR count). The standard InChI is InChI=1S/C26H20F2O/c1-17-13-14-26(2,3)24-16-19(11-12-21(17)24)23-10-5-4-9-22(23)18-7-6-8-20(15-18)29-25(27)28/h5-8,10-16,25H,1H2,2-3H3. The summed E-state index contributed by atoms with van der Waals surface area (Å²) in [6.45, 7) is 5.64. The zero-order valence-electron chi connectivity index (χ0n) is 16.3. The maximum absolute atomic E-state index is 12.6. The average molecular weight is 386 g/mol. The Morgan fingerprint density at radius 3 is 2.62 bits per heavy atom. The van der Waals surface area contributed by atoms with Crippen molar-refractivity contribution >= 4 is 5.57 Å². The second-order valence-electron chi connectivity index (χ2n) is 7.64. The zero-order chi connectivity index (χ0) is 20.6.